The summed E-state index contributed by atoms with van der Waals surface area (Å²) in [4.78, 5) is 11.2. The zero-order valence-electron chi connectivity index (χ0n) is 13.4. The van der Waals surface area contributed by atoms with Crippen LogP contribution in [0.25, 0.3) is 0 Å². The van der Waals surface area contributed by atoms with Gasteiger partial charge in [-0.25, -0.2) is 8.42 Å². The number of sulfonamides is 1. The molecule has 0 spiro atoms. The first kappa shape index (κ1) is 16.3. The quantitative estimate of drug-likeness (QED) is 0.927. The molecule has 0 radical (unpaired) electrons. The fourth-order valence-corrected chi connectivity index (χ4v) is 4.04. The average Bonchev–Trinajstić information content (AvgIpc) is 2.54. The molecular formula is C17H18N2O4S. The third-order valence-electron chi connectivity index (χ3n) is 3.70. The smallest absolute Gasteiger partial charge is 0.264 e. The number of nitrogens with one attached hydrogen (secondary N) is 1. The van der Waals surface area contributed by atoms with Gasteiger partial charge in [0.25, 0.3) is 10.0 Å². The molecule has 1 aliphatic rings. The monoisotopic (exact) mass is 346 g/mol. The molecule has 2 aromatic carbocycles. The van der Waals surface area contributed by atoms with Crippen molar-refractivity contribution in [3.8, 4) is 5.75 Å². The van der Waals surface area contributed by atoms with Gasteiger partial charge in [0.15, 0.2) is 0 Å². The van der Waals surface area contributed by atoms with Crippen molar-refractivity contribution >= 4 is 27.3 Å². The number of rotatable bonds is 3. The van der Waals surface area contributed by atoms with Gasteiger partial charge in [0.1, 0.15) is 12.4 Å². The van der Waals surface area contributed by atoms with Crippen LogP contribution >= 0.6 is 0 Å². The molecule has 2 aromatic rings. The SMILES string of the molecule is CC(=O)Nc1ccc(S(=O)(=O)N2CCOc3ccc(C)cc32)cc1. The van der Waals surface area contributed by atoms with Crippen LogP contribution in [-0.4, -0.2) is 27.5 Å². The minimum absolute atomic E-state index is 0.172. The summed E-state index contributed by atoms with van der Waals surface area (Å²) in [5.41, 5.74) is 2.06. The topological polar surface area (TPSA) is 75.7 Å². The van der Waals surface area contributed by atoms with E-state index in [1.54, 1.807) is 24.3 Å². The van der Waals surface area contributed by atoms with Gasteiger partial charge in [-0.05, 0) is 48.9 Å². The van der Waals surface area contributed by atoms with Gasteiger partial charge >= 0.3 is 0 Å². The molecular weight excluding hydrogens is 328 g/mol. The number of ether oxygens (including phenoxy) is 1. The van der Waals surface area contributed by atoms with Crippen molar-refractivity contribution in [1.29, 1.82) is 0 Å². The lowest BCUT2D eigenvalue weighted by Gasteiger charge is -2.30. The van der Waals surface area contributed by atoms with Crippen LogP contribution in [0.1, 0.15) is 12.5 Å². The van der Waals surface area contributed by atoms with E-state index >= 15 is 0 Å². The summed E-state index contributed by atoms with van der Waals surface area (Å²) in [7, 11) is -3.70. The van der Waals surface area contributed by atoms with E-state index < -0.39 is 10.0 Å². The Morgan fingerprint density at radius 3 is 2.54 bits per heavy atom. The van der Waals surface area contributed by atoms with Gasteiger partial charge in [0.2, 0.25) is 5.91 Å². The van der Waals surface area contributed by atoms with E-state index in [2.05, 4.69) is 5.32 Å². The van der Waals surface area contributed by atoms with Crippen molar-refractivity contribution in [3.05, 3.63) is 48.0 Å². The molecule has 1 amide bonds. The third-order valence-corrected chi connectivity index (χ3v) is 5.53. The van der Waals surface area contributed by atoms with Crippen LogP contribution in [0.15, 0.2) is 47.4 Å². The van der Waals surface area contributed by atoms with Gasteiger partial charge in [0, 0.05) is 12.6 Å². The molecule has 7 heteroatoms. The second-order valence-corrected chi connectivity index (χ2v) is 7.46. The summed E-state index contributed by atoms with van der Waals surface area (Å²) in [6.07, 6.45) is 0. The highest BCUT2D eigenvalue weighted by atomic mass is 32.2. The van der Waals surface area contributed by atoms with E-state index in [-0.39, 0.29) is 17.3 Å². The molecule has 24 heavy (non-hydrogen) atoms. The van der Waals surface area contributed by atoms with Gasteiger partial charge < -0.3 is 10.1 Å². The molecule has 0 aliphatic carbocycles. The number of benzene rings is 2. The molecule has 126 valence electrons. The largest absolute Gasteiger partial charge is 0.489 e. The number of hydrogen-bond donors (Lipinski definition) is 1. The Labute approximate surface area is 141 Å². The third kappa shape index (κ3) is 3.07. The molecule has 3 rings (SSSR count). The Morgan fingerprint density at radius 2 is 1.88 bits per heavy atom. The van der Waals surface area contributed by atoms with Crippen molar-refractivity contribution in [2.75, 3.05) is 22.8 Å². The summed E-state index contributed by atoms with van der Waals surface area (Å²) in [6, 6.07) is 11.6. The summed E-state index contributed by atoms with van der Waals surface area (Å²) in [5.74, 6) is 0.355. The number of fused-ring (bicyclic) bond motifs is 1. The molecule has 6 nitrogen and oxygen atoms in total. The number of carbonyl (C=O) groups excluding carboxylic acids is 1. The summed E-state index contributed by atoms with van der Waals surface area (Å²) >= 11 is 0. The van der Waals surface area contributed by atoms with Crippen molar-refractivity contribution in [2.45, 2.75) is 18.7 Å². The van der Waals surface area contributed by atoms with Gasteiger partial charge in [-0.15, -0.1) is 0 Å². The molecule has 0 unspecified atom stereocenters. The van der Waals surface area contributed by atoms with Gasteiger partial charge in [0.05, 0.1) is 17.1 Å². The number of nitrogens with zero attached hydrogens (tertiary/aromatic N) is 1. The maximum absolute atomic E-state index is 13.0. The minimum Gasteiger partial charge on any atom is -0.489 e. The van der Waals surface area contributed by atoms with Gasteiger partial charge in [-0.2, -0.15) is 0 Å². The summed E-state index contributed by atoms with van der Waals surface area (Å²) in [6.45, 7) is 3.87. The lowest BCUT2D eigenvalue weighted by Crippen LogP contribution is -2.37. The van der Waals surface area contributed by atoms with E-state index in [1.165, 1.54) is 23.4 Å². The van der Waals surface area contributed by atoms with E-state index in [9.17, 15) is 13.2 Å². The first-order chi connectivity index (χ1) is 11.4. The van der Waals surface area contributed by atoms with Crippen LogP contribution in [0, 0.1) is 6.92 Å². The molecule has 1 heterocycles. The second kappa shape index (κ2) is 6.16. The lowest BCUT2D eigenvalue weighted by atomic mass is 10.2. The highest BCUT2D eigenvalue weighted by Gasteiger charge is 2.30. The van der Waals surface area contributed by atoms with Gasteiger partial charge in [-0.3, -0.25) is 9.10 Å². The fraction of sp³-hybridized carbons (Fsp3) is 0.235. The van der Waals surface area contributed by atoms with Gasteiger partial charge in [-0.1, -0.05) is 6.07 Å². The standard InChI is InChI=1S/C17H18N2O4S/c1-12-3-8-17-16(11-12)19(9-10-23-17)24(21,22)15-6-4-14(5-7-15)18-13(2)20/h3-8,11H,9-10H2,1-2H3,(H,18,20). The van der Waals surface area contributed by atoms with Crippen molar-refractivity contribution in [2.24, 2.45) is 0 Å². The Morgan fingerprint density at radius 1 is 1.17 bits per heavy atom. The van der Waals surface area contributed by atoms with Crippen LogP contribution in [-0.2, 0) is 14.8 Å². The van der Waals surface area contributed by atoms with Crippen LogP contribution in [0.4, 0.5) is 11.4 Å². The molecule has 1 aliphatic heterocycles. The highest BCUT2D eigenvalue weighted by Crippen LogP contribution is 2.36. The lowest BCUT2D eigenvalue weighted by molar-refractivity contribution is -0.114. The number of carbonyl (C=O) groups is 1. The van der Waals surface area contributed by atoms with Crippen molar-refractivity contribution in [3.63, 3.8) is 0 Å². The van der Waals surface area contributed by atoms with E-state index in [0.29, 0.717) is 23.7 Å². The maximum Gasteiger partial charge on any atom is 0.264 e. The average molecular weight is 346 g/mol. The van der Waals surface area contributed by atoms with E-state index in [1.807, 2.05) is 13.0 Å². The van der Waals surface area contributed by atoms with E-state index in [0.717, 1.165) is 5.56 Å². The van der Waals surface area contributed by atoms with Crippen LogP contribution in [0.5, 0.6) is 5.75 Å². The molecule has 0 aromatic heterocycles. The zero-order chi connectivity index (χ0) is 17.3. The molecule has 0 saturated heterocycles. The second-order valence-electron chi connectivity index (χ2n) is 5.60. The normalized spacial score (nSPS) is 13.8. The number of anilines is 2. The highest BCUT2D eigenvalue weighted by molar-refractivity contribution is 7.92. The predicted octanol–water partition coefficient (Wildman–Crippen LogP) is 2.54. The Hall–Kier alpha value is -2.54. The summed E-state index contributed by atoms with van der Waals surface area (Å²) < 4.78 is 32.9. The predicted molar refractivity (Wildman–Crippen MR) is 92.0 cm³/mol. The summed E-state index contributed by atoms with van der Waals surface area (Å²) in [5, 5.41) is 2.62. The van der Waals surface area contributed by atoms with Crippen molar-refractivity contribution < 1.29 is 17.9 Å². The number of amides is 1. The van der Waals surface area contributed by atoms with Crippen LogP contribution in [0.2, 0.25) is 0 Å². The molecule has 1 N–H and O–H groups in total. The first-order valence-corrected chi connectivity index (χ1v) is 8.96. The first-order valence-electron chi connectivity index (χ1n) is 7.52. The zero-order valence-corrected chi connectivity index (χ0v) is 14.3. The van der Waals surface area contributed by atoms with Crippen LogP contribution in [0.3, 0.4) is 0 Å². The Kier molecular flexibility index (Phi) is 4.19. The molecule has 0 fully saturated rings. The molecule has 0 atom stereocenters. The van der Waals surface area contributed by atoms with E-state index in [4.69, 9.17) is 4.74 Å². The molecule has 0 bridgehead atoms. The maximum atomic E-state index is 13.0. The fourth-order valence-electron chi connectivity index (χ4n) is 2.59. The Bertz CT molecular complexity index is 876. The van der Waals surface area contributed by atoms with Crippen LogP contribution < -0.4 is 14.4 Å². The Balaban J connectivity index is 1.97. The number of hydrogen-bond acceptors (Lipinski definition) is 4. The van der Waals surface area contributed by atoms with Crippen molar-refractivity contribution in [1.82, 2.24) is 0 Å². The number of aryl methyl sites for hydroxylation is 1. The molecule has 0 saturated carbocycles. The minimum atomic E-state index is -3.70.